The molecular formula is C36H26N4O10S2. The molecule has 2 aromatic heterocycles. The normalized spacial score (nSPS) is 11.9. The van der Waals surface area contributed by atoms with Crippen LogP contribution >= 0.6 is 0 Å². The van der Waals surface area contributed by atoms with Gasteiger partial charge in [-0.2, -0.15) is 16.8 Å². The first-order valence-electron chi connectivity index (χ1n) is 15.4. The largest absolute Gasteiger partial charge is 0.446 e. The smallest absolute Gasteiger partial charge is 0.362 e. The van der Waals surface area contributed by atoms with E-state index in [1.807, 2.05) is 0 Å². The highest BCUT2D eigenvalue weighted by atomic mass is 32.3. The lowest BCUT2D eigenvalue weighted by molar-refractivity contribution is 0.384. The fourth-order valence-electron chi connectivity index (χ4n) is 5.80. The number of hydrogen-bond donors (Lipinski definition) is 2. The Morgan fingerprint density at radius 1 is 0.519 bits per heavy atom. The molecule has 14 nitrogen and oxygen atoms in total. The molecule has 5 aromatic carbocycles. The molecule has 0 bridgehead atoms. The summed E-state index contributed by atoms with van der Waals surface area (Å²) in [5.41, 5.74) is 2.30. The van der Waals surface area contributed by atoms with E-state index in [0.717, 1.165) is 0 Å². The van der Waals surface area contributed by atoms with Crippen LogP contribution in [0.2, 0.25) is 0 Å². The molecule has 0 aliphatic carbocycles. The Morgan fingerprint density at radius 3 is 1.29 bits per heavy atom. The van der Waals surface area contributed by atoms with Gasteiger partial charge in [0.2, 0.25) is 0 Å². The highest BCUT2D eigenvalue weighted by molar-refractivity contribution is 7.81. The molecule has 0 atom stereocenters. The van der Waals surface area contributed by atoms with Crippen LogP contribution in [0.5, 0.6) is 11.5 Å². The molecule has 0 radical (unpaired) electrons. The second kappa shape index (κ2) is 13.5. The van der Waals surface area contributed by atoms with Crippen LogP contribution in [0.4, 0.5) is 0 Å². The zero-order valence-corrected chi connectivity index (χ0v) is 28.4. The lowest BCUT2D eigenvalue weighted by Crippen LogP contribution is -2.25. The predicted molar refractivity (Wildman–Crippen MR) is 192 cm³/mol. The van der Waals surface area contributed by atoms with Crippen molar-refractivity contribution in [2.75, 3.05) is 0 Å². The summed E-state index contributed by atoms with van der Waals surface area (Å²) in [6.45, 7) is 0.137. The highest BCUT2D eigenvalue weighted by Gasteiger charge is 2.18. The van der Waals surface area contributed by atoms with Gasteiger partial charge in [0, 0.05) is 11.1 Å². The van der Waals surface area contributed by atoms with Crippen LogP contribution in [0.3, 0.4) is 0 Å². The highest BCUT2D eigenvalue weighted by Crippen LogP contribution is 2.27. The zero-order valence-electron chi connectivity index (χ0n) is 26.7. The molecule has 262 valence electrons. The van der Waals surface area contributed by atoms with Gasteiger partial charge in [0.1, 0.15) is 23.1 Å². The summed E-state index contributed by atoms with van der Waals surface area (Å²) in [4.78, 5) is 37.1. The molecule has 0 aliphatic rings. The van der Waals surface area contributed by atoms with E-state index < -0.39 is 20.8 Å². The number of rotatable bonds is 10. The maximum atomic E-state index is 13.8. The zero-order chi connectivity index (χ0) is 36.6. The molecular weight excluding hydrogens is 713 g/mol. The van der Waals surface area contributed by atoms with E-state index >= 15 is 0 Å². The summed E-state index contributed by atoms with van der Waals surface area (Å²) >= 11 is 0. The Hall–Kier alpha value is -6.20. The number of aromatic nitrogens is 4. The van der Waals surface area contributed by atoms with E-state index in [0.29, 0.717) is 44.1 Å². The third-order valence-electron chi connectivity index (χ3n) is 8.02. The average Bonchev–Trinajstić information content (AvgIpc) is 3.10. The number of nitrogens with zero attached hydrogens (tertiary/aromatic N) is 4. The number of fused-ring (bicyclic) bond motifs is 2. The first kappa shape index (κ1) is 34.3. The fraction of sp³-hybridized carbons (Fsp3) is 0.0556. The van der Waals surface area contributed by atoms with Gasteiger partial charge in [0.05, 0.1) is 34.9 Å². The Morgan fingerprint density at radius 2 is 0.904 bits per heavy atom. The van der Waals surface area contributed by atoms with E-state index in [-0.39, 0.29) is 47.4 Å². The number of para-hydroxylation sites is 2. The van der Waals surface area contributed by atoms with Crippen molar-refractivity contribution < 1.29 is 34.3 Å². The van der Waals surface area contributed by atoms with Crippen molar-refractivity contribution >= 4 is 42.6 Å². The first-order chi connectivity index (χ1) is 24.8. The van der Waals surface area contributed by atoms with Crippen LogP contribution in [0.1, 0.15) is 11.1 Å². The second-order valence-corrected chi connectivity index (χ2v) is 13.6. The van der Waals surface area contributed by atoms with Crippen molar-refractivity contribution in [1.82, 2.24) is 19.1 Å². The third-order valence-corrected chi connectivity index (χ3v) is 8.82. The van der Waals surface area contributed by atoms with Crippen LogP contribution < -0.4 is 19.5 Å². The summed E-state index contributed by atoms with van der Waals surface area (Å²) < 4.78 is 76.0. The second-order valence-electron chi connectivity index (χ2n) is 11.6. The maximum absolute atomic E-state index is 13.8. The molecule has 16 heteroatoms. The summed E-state index contributed by atoms with van der Waals surface area (Å²) in [7, 11) is -9.59. The van der Waals surface area contributed by atoms with Crippen LogP contribution in [0, 0.1) is 0 Å². The van der Waals surface area contributed by atoms with Gasteiger partial charge in [-0.25, -0.2) is 9.97 Å². The van der Waals surface area contributed by atoms with E-state index in [9.17, 15) is 35.5 Å². The molecule has 0 fully saturated rings. The Kier molecular flexibility index (Phi) is 8.89. The van der Waals surface area contributed by atoms with E-state index in [1.165, 1.54) is 45.5 Å². The van der Waals surface area contributed by atoms with Gasteiger partial charge in [0.25, 0.3) is 11.1 Å². The van der Waals surface area contributed by atoms with Crippen molar-refractivity contribution in [2.45, 2.75) is 13.1 Å². The van der Waals surface area contributed by atoms with E-state index in [1.54, 1.807) is 84.9 Å². The molecule has 7 aromatic rings. The van der Waals surface area contributed by atoms with E-state index in [2.05, 4.69) is 8.37 Å². The van der Waals surface area contributed by atoms with Crippen molar-refractivity contribution in [2.24, 2.45) is 0 Å². The molecule has 0 spiro atoms. The molecule has 52 heavy (non-hydrogen) atoms. The maximum Gasteiger partial charge on any atom is 0.446 e. The number of benzene rings is 5. The number of hydrogen-bond acceptors (Lipinski definition) is 10. The molecule has 7 rings (SSSR count). The van der Waals surface area contributed by atoms with Gasteiger partial charge in [-0.3, -0.25) is 27.8 Å². The topological polar surface area (TPSA) is 197 Å². The van der Waals surface area contributed by atoms with Gasteiger partial charge in [-0.1, -0.05) is 72.8 Å². The minimum atomic E-state index is -4.80. The van der Waals surface area contributed by atoms with Crippen LogP contribution in [-0.4, -0.2) is 45.0 Å². The lowest BCUT2D eigenvalue weighted by Gasteiger charge is -2.16. The molecule has 0 saturated heterocycles. The van der Waals surface area contributed by atoms with Crippen molar-refractivity contribution in [1.29, 1.82) is 0 Å². The molecule has 2 heterocycles. The SMILES string of the molecule is O=c1c2ccccc2nc(-c2cccc(OS(=O)(=O)O)c2)n1Cc1ccc(Cn2c(-c3cccc(OS(=O)(=O)O)c3)nc3ccccc3c2=O)cc1. The Bertz CT molecular complexity index is 2660. The van der Waals surface area contributed by atoms with Gasteiger partial charge in [-0.15, -0.1) is 0 Å². The minimum Gasteiger partial charge on any atom is -0.362 e. The lowest BCUT2D eigenvalue weighted by atomic mass is 10.1. The van der Waals surface area contributed by atoms with Crippen molar-refractivity contribution in [3.63, 3.8) is 0 Å². The first-order valence-corrected chi connectivity index (χ1v) is 18.2. The Labute approximate surface area is 295 Å². The summed E-state index contributed by atoms with van der Waals surface area (Å²) in [6, 6.07) is 32.4. The van der Waals surface area contributed by atoms with E-state index in [4.69, 9.17) is 9.97 Å². The third kappa shape index (κ3) is 7.45. The van der Waals surface area contributed by atoms with Crippen LogP contribution in [0.25, 0.3) is 44.6 Å². The molecule has 0 amide bonds. The monoisotopic (exact) mass is 738 g/mol. The Balaban J connectivity index is 1.26. The van der Waals surface area contributed by atoms with Gasteiger partial charge >= 0.3 is 20.8 Å². The summed E-state index contributed by atoms with van der Waals surface area (Å²) in [5.74, 6) is 0.113. The molecule has 0 unspecified atom stereocenters. The van der Waals surface area contributed by atoms with Gasteiger partial charge < -0.3 is 8.37 Å². The van der Waals surface area contributed by atoms with Crippen LogP contribution in [0.15, 0.2) is 131 Å². The molecule has 0 saturated carbocycles. The molecule has 2 N–H and O–H groups in total. The van der Waals surface area contributed by atoms with Crippen molar-refractivity contribution in [3.05, 3.63) is 153 Å². The quantitative estimate of drug-likeness (QED) is 0.180. The van der Waals surface area contributed by atoms with Crippen LogP contribution in [-0.2, 0) is 33.9 Å². The fourth-order valence-corrected chi connectivity index (χ4v) is 6.50. The molecule has 0 aliphatic heterocycles. The minimum absolute atomic E-state index is 0.0684. The van der Waals surface area contributed by atoms with Crippen molar-refractivity contribution in [3.8, 4) is 34.3 Å². The standard InChI is InChI=1S/C36H26N4O10S2/c41-35-29-11-1-3-13-31(29)37-33(25-7-5-9-27(19-25)49-51(43,44)45)39(35)21-23-15-17-24(18-16-23)22-40-34(38-32-14-4-2-12-30(32)36(40)42)26-8-6-10-28(20-26)50-52(46,47)48/h1-20H,21-22H2,(H,43,44,45)(H,46,47,48). The summed E-state index contributed by atoms with van der Waals surface area (Å²) in [5, 5.41) is 0.741. The average molecular weight is 739 g/mol. The summed E-state index contributed by atoms with van der Waals surface area (Å²) in [6.07, 6.45) is 0. The predicted octanol–water partition coefficient (Wildman–Crippen LogP) is 4.90. The van der Waals surface area contributed by atoms with Gasteiger partial charge in [0.15, 0.2) is 0 Å². The van der Waals surface area contributed by atoms with Gasteiger partial charge in [-0.05, 0) is 59.7 Å².